The number of amides is 1. The number of Topliss-reactive ketones (excluding diaryl/α,β-unsaturated/α-hetero) is 1. The first-order valence-electron chi connectivity index (χ1n) is 10.2. The average molecular weight is 476 g/mol. The Morgan fingerprint density at radius 1 is 1.12 bits per heavy atom. The lowest BCUT2D eigenvalue weighted by Crippen LogP contribution is -2.45. The van der Waals surface area contributed by atoms with Crippen molar-refractivity contribution in [3.63, 3.8) is 0 Å². The van der Waals surface area contributed by atoms with Crippen LogP contribution >= 0.6 is 0 Å². The van der Waals surface area contributed by atoms with E-state index >= 15 is 0 Å². The molecule has 2 aromatic rings. The van der Waals surface area contributed by atoms with Gasteiger partial charge in [0.25, 0.3) is 5.56 Å². The summed E-state index contributed by atoms with van der Waals surface area (Å²) < 4.78 is 51.6. The third kappa shape index (κ3) is 9.42. The number of rotatable bonds is 7. The van der Waals surface area contributed by atoms with Crippen molar-refractivity contribution in [2.45, 2.75) is 59.3 Å². The van der Waals surface area contributed by atoms with E-state index in [1.165, 1.54) is 12.5 Å². The van der Waals surface area contributed by atoms with Crippen LogP contribution in [0.3, 0.4) is 0 Å². The maximum Gasteiger partial charge on any atom is 0.416 e. The Hall–Kier alpha value is -3.24. The van der Waals surface area contributed by atoms with Gasteiger partial charge < -0.3 is 15.0 Å². The van der Waals surface area contributed by atoms with Crippen LogP contribution in [0.2, 0.25) is 0 Å². The Labute approximate surface area is 188 Å². The highest BCUT2D eigenvalue weighted by molar-refractivity contribution is 5.92. The molecule has 0 bridgehead atoms. The lowest BCUT2D eigenvalue weighted by Gasteiger charge is -2.15. The number of benzene rings is 1. The number of hydrogen-bond donors (Lipinski definition) is 2. The van der Waals surface area contributed by atoms with Crippen molar-refractivity contribution >= 4 is 28.4 Å². The van der Waals surface area contributed by atoms with Crippen LogP contribution in [0.4, 0.5) is 17.6 Å². The molecule has 1 amide bonds. The number of carboxylic acids is 1. The summed E-state index contributed by atoms with van der Waals surface area (Å²) in [6.07, 6.45) is -3.07. The number of nitrogens with one attached hydrogen (secondary N) is 1. The van der Waals surface area contributed by atoms with Crippen LogP contribution in [0.25, 0.3) is 10.8 Å². The molecule has 11 heteroatoms. The molecule has 7 nitrogen and oxygen atoms in total. The summed E-state index contributed by atoms with van der Waals surface area (Å²) in [5, 5.41) is 10.7. The van der Waals surface area contributed by atoms with Crippen molar-refractivity contribution in [3.05, 3.63) is 46.4 Å². The molecule has 0 aliphatic heterocycles. The first-order chi connectivity index (χ1) is 15.4. The lowest BCUT2D eigenvalue weighted by molar-refractivity contribution is -0.140. The van der Waals surface area contributed by atoms with E-state index in [-0.39, 0.29) is 10.8 Å². The predicted octanol–water partition coefficient (Wildman–Crippen LogP) is 3.96. The van der Waals surface area contributed by atoms with Crippen molar-refractivity contribution in [2.75, 3.05) is 6.67 Å². The standard InChI is InChI=1S/C17H14F4N2O5.C3H8.C2H6/c18-7-13(24)12(6-15(26)27)22-14(25)8-23-4-3-9-5-10(17(19,20)21)1-2-11(9)16(23)28;1-3-2;1-2/h1-5,12H,6-8H2,(H,22,25)(H,26,27);3H2,1-2H3;1-2H3. The third-order valence-corrected chi connectivity index (χ3v) is 3.85. The smallest absolute Gasteiger partial charge is 0.416 e. The number of hydrogen-bond acceptors (Lipinski definition) is 4. The zero-order chi connectivity index (χ0) is 25.8. The number of ketones is 1. The highest BCUT2D eigenvalue weighted by Crippen LogP contribution is 2.30. The zero-order valence-corrected chi connectivity index (χ0v) is 18.8. The minimum absolute atomic E-state index is 0.0212. The van der Waals surface area contributed by atoms with Gasteiger partial charge in [0.05, 0.1) is 12.0 Å². The summed E-state index contributed by atoms with van der Waals surface area (Å²) in [6.45, 7) is 6.14. The molecular formula is C22H28F4N2O5. The molecule has 0 fully saturated rings. The van der Waals surface area contributed by atoms with Gasteiger partial charge in [0.15, 0.2) is 5.78 Å². The third-order valence-electron chi connectivity index (χ3n) is 3.85. The van der Waals surface area contributed by atoms with E-state index in [0.29, 0.717) is 0 Å². The molecule has 1 aromatic heterocycles. The van der Waals surface area contributed by atoms with Crippen LogP contribution in [0.5, 0.6) is 0 Å². The lowest BCUT2D eigenvalue weighted by atomic mass is 10.1. The number of fused-ring (bicyclic) bond motifs is 1. The molecule has 1 atom stereocenters. The molecule has 33 heavy (non-hydrogen) atoms. The second-order valence-electron chi connectivity index (χ2n) is 6.57. The Bertz CT molecular complexity index is 1000. The maximum absolute atomic E-state index is 12.7. The van der Waals surface area contributed by atoms with Crippen LogP contribution in [0, 0.1) is 0 Å². The quantitative estimate of drug-likeness (QED) is 0.589. The first kappa shape index (κ1) is 29.8. The molecule has 0 radical (unpaired) electrons. The van der Waals surface area contributed by atoms with Gasteiger partial charge in [-0.05, 0) is 29.7 Å². The molecule has 1 heterocycles. The van der Waals surface area contributed by atoms with Gasteiger partial charge in [-0.3, -0.25) is 19.2 Å². The van der Waals surface area contributed by atoms with Gasteiger partial charge in [-0.25, -0.2) is 4.39 Å². The van der Waals surface area contributed by atoms with Crippen molar-refractivity contribution in [2.24, 2.45) is 0 Å². The molecular weight excluding hydrogens is 448 g/mol. The van der Waals surface area contributed by atoms with E-state index in [9.17, 15) is 36.7 Å². The summed E-state index contributed by atoms with van der Waals surface area (Å²) in [6, 6.07) is 2.12. The first-order valence-corrected chi connectivity index (χ1v) is 10.2. The monoisotopic (exact) mass is 476 g/mol. The van der Waals surface area contributed by atoms with Gasteiger partial charge in [-0.1, -0.05) is 34.1 Å². The minimum atomic E-state index is -4.58. The van der Waals surface area contributed by atoms with Gasteiger partial charge in [0.1, 0.15) is 19.3 Å². The van der Waals surface area contributed by atoms with Crippen molar-refractivity contribution in [3.8, 4) is 0 Å². The SMILES string of the molecule is CC.CCC.O=C(O)CC(NC(=O)Cn1ccc2cc(C(F)(F)F)ccc2c1=O)C(=O)CF. The largest absolute Gasteiger partial charge is 0.481 e. The fourth-order valence-corrected chi connectivity index (χ4v) is 2.50. The van der Waals surface area contributed by atoms with Crippen LogP contribution in [0.15, 0.2) is 35.3 Å². The molecule has 1 aromatic carbocycles. The van der Waals surface area contributed by atoms with Gasteiger partial charge in [0, 0.05) is 11.6 Å². The normalized spacial score (nSPS) is 11.4. The zero-order valence-electron chi connectivity index (χ0n) is 18.8. The molecule has 2 N–H and O–H groups in total. The van der Waals surface area contributed by atoms with E-state index < -0.39 is 60.6 Å². The van der Waals surface area contributed by atoms with E-state index in [0.717, 1.165) is 29.0 Å². The molecule has 0 aliphatic rings. The molecule has 0 spiro atoms. The maximum atomic E-state index is 12.7. The minimum Gasteiger partial charge on any atom is -0.481 e. The van der Waals surface area contributed by atoms with Crippen molar-refractivity contribution in [1.29, 1.82) is 0 Å². The Morgan fingerprint density at radius 3 is 2.18 bits per heavy atom. The Balaban J connectivity index is 0.00000189. The average Bonchev–Trinajstić information content (AvgIpc) is 2.75. The number of halogens is 4. The topological polar surface area (TPSA) is 105 Å². The number of carboxylic acid groups (broad SMARTS) is 1. The van der Waals surface area contributed by atoms with Crippen LogP contribution in [0.1, 0.15) is 46.1 Å². The summed E-state index contributed by atoms with van der Waals surface area (Å²) >= 11 is 0. The van der Waals surface area contributed by atoms with Crippen LogP contribution < -0.4 is 10.9 Å². The van der Waals surface area contributed by atoms with E-state index in [1.54, 1.807) is 0 Å². The second kappa shape index (κ2) is 14.0. The molecule has 2 rings (SSSR count). The van der Waals surface area contributed by atoms with Crippen LogP contribution in [-0.2, 0) is 27.1 Å². The molecule has 0 aliphatic carbocycles. The fraction of sp³-hybridized carbons (Fsp3) is 0.455. The fourth-order valence-electron chi connectivity index (χ4n) is 2.50. The molecule has 184 valence electrons. The Kier molecular flexibility index (Phi) is 12.6. The number of carbonyl (C=O) groups excluding carboxylic acids is 2. The number of pyridine rings is 1. The number of aromatic nitrogens is 1. The second-order valence-corrected chi connectivity index (χ2v) is 6.57. The highest BCUT2D eigenvalue weighted by atomic mass is 19.4. The number of nitrogens with zero attached hydrogens (tertiary/aromatic N) is 1. The van der Waals surface area contributed by atoms with E-state index in [1.807, 2.05) is 19.2 Å². The summed E-state index contributed by atoms with van der Waals surface area (Å²) in [5.41, 5.74) is -1.69. The summed E-state index contributed by atoms with van der Waals surface area (Å²) in [5.74, 6) is -3.50. The van der Waals surface area contributed by atoms with Gasteiger partial charge >= 0.3 is 12.1 Å². The predicted molar refractivity (Wildman–Crippen MR) is 116 cm³/mol. The number of alkyl halides is 4. The van der Waals surface area contributed by atoms with Crippen molar-refractivity contribution < 1.29 is 37.1 Å². The van der Waals surface area contributed by atoms with Gasteiger partial charge in [0.2, 0.25) is 5.91 Å². The molecule has 1 unspecified atom stereocenters. The van der Waals surface area contributed by atoms with Crippen LogP contribution in [-0.4, -0.2) is 40.0 Å². The molecule has 0 saturated heterocycles. The van der Waals surface area contributed by atoms with Crippen molar-refractivity contribution in [1.82, 2.24) is 9.88 Å². The number of aliphatic carboxylic acids is 1. The highest BCUT2D eigenvalue weighted by Gasteiger charge is 2.30. The van der Waals surface area contributed by atoms with E-state index in [2.05, 4.69) is 13.8 Å². The summed E-state index contributed by atoms with van der Waals surface area (Å²) in [7, 11) is 0. The molecule has 0 saturated carbocycles. The Morgan fingerprint density at radius 2 is 1.70 bits per heavy atom. The van der Waals surface area contributed by atoms with Gasteiger partial charge in [-0.15, -0.1) is 0 Å². The number of carbonyl (C=O) groups is 3. The summed E-state index contributed by atoms with van der Waals surface area (Å²) in [4.78, 5) is 46.5. The van der Waals surface area contributed by atoms with Gasteiger partial charge in [-0.2, -0.15) is 13.2 Å². The van der Waals surface area contributed by atoms with E-state index in [4.69, 9.17) is 5.11 Å².